The number of para-hydroxylation sites is 2. The third-order valence-electron chi connectivity index (χ3n) is 16.7. The highest BCUT2D eigenvalue weighted by Crippen LogP contribution is 2.54. The summed E-state index contributed by atoms with van der Waals surface area (Å²) in [4.78, 5) is 7.49. The molecule has 0 N–H and O–H groups in total. The van der Waals surface area contributed by atoms with E-state index >= 15 is 0 Å². The van der Waals surface area contributed by atoms with E-state index in [-0.39, 0.29) is 23.0 Å². The van der Waals surface area contributed by atoms with Crippen LogP contribution in [0.2, 0.25) is 0 Å². The van der Waals surface area contributed by atoms with Crippen LogP contribution in [0, 0.1) is 6.92 Å². The number of hydrogen-bond donors (Lipinski definition) is 0. The van der Waals surface area contributed by atoms with Crippen molar-refractivity contribution in [2.24, 2.45) is 0 Å². The van der Waals surface area contributed by atoms with Crippen LogP contribution in [0.4, 0.5) is 51.2 Å². The number of anilines is 9. The number of nitrogens with zero attached hydrogens (tertiary/aromatic N) is 3. The summed E-state index contributed by atoms with van der Waals surface area (Å²) in [6.45, 7) is 23.8. The molecule has 0 amide bonds. The van der Waals surface area contributed by atoms with Gasteiger partial charge in [-0.1, -0.05) is 196 Å². The minimum atomic E-state index is -0.138. The zero-order valence-electron chi connectivity index (χ0n) is 48.4. The molecule has 0 spiro atoms. The molecule has 0 radical (unpaired) electrons. The van der Waals surface area contributed by atoms with Crippen molar-refractivity contribution >= 4 is 74.3 Å². The van der Waals surface area contributed by atoms with E-state index in [1.165, 1.54) is 44.2 Å². The predicted octanol–water partition coefficient (Wildman–Crippen LogP) is 18.2. The van der Waals surface area contributed by atoms with E-state index in [0.29, 0.717) is 13.2 Å². The van der Waals surface area contributed by atoms with E-state index in [0.717, 1.165) is 90.5 Å². The van der Waals surface area contributed by atoms with Gasteiger partial charge in [0.15, 0.2) is 11.5 Å². The predicted molar refractivity (Wildman–Crippen MR) is 343 cm³/mol. The van der Waals surface area contributed by atoms with Crippen LogP contribution >= 0.6 is 0 Å². The molecule has 3 aliphatic heterocycles. The Morgan fingerprint density at radius 1 is 0.395 bits per heavy atom. The van der Waals surface area contributed by atoms with Crippen molar-refractivity contribution in [3.8, 4) is 44.9 Å². The number of aryl methyl sites for hydroxylation is 1. The lowest BCUT2D eigenvalue weighted by molar-refractivity contribution is 0.172. The molecule has 0 saturated heterocycles. The van der Waals surface area contributed by atoms with E-state index in [1.54, 1.807) is 0 Å². The third kappa shape index (κ3) is 9.35. The van der Waals surface area contributed by atoms with Gasteiger partial charge in [0.25, 0.3) is 6.71 Å². The molecule has 0 saturated carbocycles. The fraction of sp³-hybridized carbons (Fsp3) is 0.200. The highest BCUT2D eigenvalue weighted by molar-refractivity contribution is 7.00. The smallest absolute Gasteiger partial charge is 0.252 e. The molecule has 0 unspecified atom stereocenters. The minimum absolute atomic E-state index is 0.0178. The van der Waals surface area contributed by atoms with Crippen molar-refractivity contribution < 1.29 is 9.47 Å². The largest absolute Gasteiger partial charge is 0.486 e. The Labute approximate surface area is 480 Å². The molecule has 5 nitrogen and oxygen atoms in total. The zero-order valence-corrected chi connectivity index (χ0v) is 48.4. The van der Waals surface area contributed by atoms with Gasteiger partial charge in [0.1, 0.15) is 18.9 Å². The molecule has 13 rings (SSSR count). The highest BCUT2D eigenvalue weighted by Gasteiger charge is 2.46. The SMILES string of the molecule is Cc1cc2c3c(c1)N(c1c(-c4ccccc4)ccc4c1OCCO4)c1ccc(C(C)(C)C)cc1B3c1ccc(N(c3ccccc3)c3ccccc3)cc1N2c1cc(-c2ccc(C(C)(C)C)cc2)cc(-c2ccc(C(C)(C)C)cc2)c1. The topological polar surface area (TPSA) is 28.2 Å². The van der Waals surface area contributed by atoms with Crippen LogP contribution in [0.15, 0.2) is 218 Å². The maximum absolute atomic E-state index is 6.84. The molecule has 400 valence electrons. The molecule has 10 aromatic carbocycles. The Bertz CT molecular complexity index is 3890. The summed E-state index contributed by atoms with van der Waals surface area (Å²) in [5.41, 5.74) is 25.3. The maximum atomic E-state index is 6.84. The zero-order chi connectivity index (χ0) is 56.0. The van der Waals surface area contributed by atoms with E-state index in [9.17, 15) is 0 Å². The molecule has 6 heteroatoms. The Morgan fingerprint density at radius 2 is 0.926 bits per heavy atom. The molecule has 0 fully saturated rings. The molecule has 0 bridgehead atoms. The first-order valence-corrected chi connectivity index (χ1v) is 28.8. The van der Waals surface area contributed by atoms with Crippen molar-refractivity contribution in [3.63, 3.8) is 0 Å². The van der Waals surface area contributed by atoms with Gasteiger partial charge in [-0.2, -0.15) is 0 Å². The van der Waals surface area contributed by atoms with Crippen LogP contribution in [0.1, 0.15) is 84.6 Å². The lowest BCUT2D eigenvalue weighted by atomic mass is 9.33. The van der Waals surface area contributed by atoms with E-state index in [2.05, 4.69) is 302 Å². The van der Waals surface area contributed by atoms with Crippen molar-refractivity contribution in [2.75, 3.05) is 27.9 Å². The van der Waals surface area contributed by atoms with Crippen molar-refractivity contribution in [1.29, 1.82) is 0 Å². The molecule has 3 heterocycles. The third-order valence-corrected chi connectivity index (χ3v) is 16.7. The van der Waals surface area contributed by atoms with Gasteiger partial charge in [-0.3, -0.25) is 0 Å². The standard InChI is InChI=1S/C75H70BN3O2/c1-49-42-67-70-68(43-49)79(71-62(52-20-14-11-15-21-52)36-39-69-72(71)81-41-40-80-69)65-38-34-57(75(8,9)10)47-64(65)76(70)63-37-35-60(77(58-22-16-12-17-23-58)59-24-18-13-19-25-59)48-66(63)78(67)61-45-53(50-26-30-55(31-27-50)73(2,3)4)44-54(46-61)51-28-32-56(33-29-51)74(5,6)7/h11-39,42-48H,40-41H2,1-10H3. The van der Waals surface area contributed by atoms with Gasteiger partial charge in [-0.05, 0) is 175 Å². The van der Waals surface area contributed by atoms with Crippen molar-refractivity contribution in [3.05, 3.63) is 241 Å². The molecule has 81 heavy (non-hydrogen) atoms. The van der Waals surface area contributed by atoms with Crippen LogP contribution < -0.4 is 40.6 Å². The summed E-state index contributed by atoms with van der Waals surface area (Å²) in [6.07, 6.45) is 0. The Hall–Kier alpha value is -8.74. The second-order valence-corrected chi connectivity index (χ2v) is 25.4. The monoisotopic (exact) mass is 1060 g/mol. The van der Waals surface area contributed by atoms with Crippen LogP contribution in [-0.2, 0) is 16.2 Å². The Kier molecular flexibility index (Phi) is 12.6. The number of ether oxygens (including phenoxy) is 2. The normalized spacial score (nSPS) is 13.6. The van der Waals surface area contributed by atoms with Gasteiger partial charge in [-0.15, -0.1) is 0 Å². The van der Waals surface area contributed by atoms with Gasteiger partial charge >= 0.3 is 0 Å². The second kappa shape index (κ2) is 19.8. The molecular formula is C75H70BN3O2. The Balaban J connectivity index is 1.14. The fourth-order valence-corrected chi connectivity index (χ4v) is 12.4. The van der Waals surface area contributed by atoms with Gasteiger partial charge in [-0.25, -0.2) is 0 Å². The summed E-state index contributed by atoms with van der Waals surface area (Å²) < 4.78 is 13.3. The van der Waals surface area contributed by atoms with Crippen LogP contribution in [0.3, 0.4) is 0 Å². The van der Waals surface area contributed by atoms with E-state index in [1.807, 2.05) is 0 Å². The lowest BCUT2D eigenvalue weighted by Crippen LogP contribution is -2.61. The molecule has 3 aliphatic rings. The Morgan fingerprint density at radius 3 is 1.49 bits per heavy atom. The first-order valence-electron chi connectivity index (χ1n) is 28.8. The average molecular weight is 1060 g/mol. The molecule has 0 aromatic heterocycles. The van der Waals surface area contributed by atoms with Gasteiger partial charge in [0.2, 0.25) is 0 Å². The number of hydrogen-bond acceptors (Lipinski definition) is 5. The first kappa shape index (κ1) is 51.7. The average Bonchev–Trinajstić information content (AvgIpc) is 3.62. The number of benzene rings is 10. The first-order chi connectivity index (χ1) is 39.0. The number of rotatable bonds is 8. The van der Waals surface area contributed by atoms with Crippen LogP contribution in [0.5, 0.6) is 11.5 Å². The molecule has 0 aliphatic carbocycles. The molecule has 0 atom stereocenters. The van der Waals surface area contributed by atoms with Gasteiger partial charge in [0.05, 0.1) is 0 Å². The summed E-state index contributed by atoms with van der Waals surface area (Å²) in [5, 5.41) is 0. The number of fused-ring (bicyclic) bond motifs is 5. The van der Waals surface area contributed by atoms with Crippen LogP contribution in [-0.4, -0.2) is 19.9 Å². The molecule has 10 aromatic rings. The maximum Gasteiger partial charge on any atom is 0.252 e. The summed E-state index contributed by atoms with van der Waals surface area (Å²) in [6, 6.07) is 81.6. The summed E-state index contributed by atoms with van der Waals surface area (Å²) in [7, 11) is 0. The quantitative estimate of drug-likeness (QED) is 0.141. The van der Waals surface area contributed by atoms with Crippen molar-refractivity contribution in [2.45, 2.75) is 85.5 Å². The summed E-state index contributed by atoms with van der Waals surface area (Å²) >= 11 is 0. The highest BCUT2D eigenvalue weighted by atomic mass is 16.6. The fourth-order valence-electron chi connectivity index (χ4n) is 12.4. The minimum Gasteiger partial charge on any atom is -0.486 e. The van der Waals surface area contributed by atoms with E-state index in [4.69, 9.17) is 9.47 Å². The van der Waals surface area contributed by atoms with Crippen molar-refractivity contribution in [1.82, 2.24) is 0 Å². The second-order valence-electron chi connectivity index (χ2n) is 25.4. The lowest BCUT2D eigenvalue weighted by Gasteiger charge is -2.45. The summed E-state index contributed by atoms with van der Waals surface area (Å²) in [5.74, 6) is 1.51. The van der Waals surface area contributed by atoms with Gasteiger partial charge in [0, 0.05) is 51.1 Å². The van der Waals surface area contributed by atoms with Crippen LogP contribution in [0.25, 0.3) is 33.4 Å². The van der Waals surface area contributed by atoms with E-state index < -0.39 is 0 Å². The molecular weight excluding hydrogens is 986 g/mol. The van der Waals surface area contributed by atoms with Gasteiger partial charge < -0.3 is 24.2 Å².